The summed E-state index contributed by atoms with van der Waals surface area (Å²) in [7, 11) is -3.30. The van der Waals surface area contributed by atoms with Gasteiger partial charge in [-0.1, -0.05) is 6.07 Å². The summed E-state index contributed by atoms with van der Waals surface area (Å²) in [6, 6.07) is 6.72. The Morgan fingerprint density at radius 1 is 1.35 bits per heavy atom. The van der Waals surface area contributed by atoms with Crippen molar-refractivity contribution in [3.8, 4) is 5.75 Å². The fourth-order valence-corrected chi connectivity index (χ4v) is 2.17. The Morgan fingerprint density at radius 3 is 2.57 bits per heavy atom. The minimum absolute atomic E-state index is 0. The maximum Gasteiger partial charge on any atom is 0.229 e. The minimum atomic E-state index is -3.30. The molecule has 0 fully saturated rings. The number of aliphatic imine (C=N–C) groups is 1. The van der Waals surface area contributed by atoms with Gasteiger partial charge in [0.05, 0.1) is 18.5 Å². The molecule has 132 valence electrons. The highest BCUT2D eigenvalue weighted by Gasteiger charge is 2.09. The molecule has 9 heteroatoms. The summed E-state index contributed by atoms with van der Waals surface area (Å²) < 4.78 is 30.2. The van der Waals surface area contributed by atoms with Crippen molar-refractivity contribution in [1.29, 1.82) is 0 Å². The molecule has 0 aliphatic rings. The number of ether oxygens (including phenoxy) is 1. The lowest BCUT2D eigenvalue weighted by molar-refractivity contribution is 0.328. The molecule has 1 aromatic rings. The molecule has 0 radical (unpaired) electrons. The van der Waals surface area contributed by atoms with E-state index in [1.54, 1.807) is 24.3 Å². The van der Waals surface area contributed by atoms with Crippen molar-refractivity contribution >= 4 is 45.6 Å². The van der Waals surface area contributed by atoms with E-state index in [1.807, 2.05) is 20.8 Å². The van der Waals surface area contributed by atoms with E-state index < -0.39 is 10.0 Å². The number of guanidine groups is 1. The van der Waals surface area contributed by atoms with Gasteiger partial charge in [-0.3, -0.25) is 4.72 Å². The summed E-state index contributed by atoms with van der Waals surface area (Å²) in [5, 5.41) is 3.05. The Bertz CT molecular complexity index is 627. The van der Waals surface area contributed by atoms with Crippen molar-refractivity contribution in [1.82, 2.24) is 5.32 Å². The number of sulfonamides is 1. The van der Waals surface area contributed by atoms with Gasteiger partial charge in [-0.15, -0.1) is 24.0 Å². The first-order valence-corrected chi connectivity index (χ1v) is 8.73. The molecule has 1 aromatic carbocycles. The van der Waals surface area contributed by atoms with Crippen LogP contribution in [0.5, 0.6) is 5.75 Å². The van der Waals surface area contributed by atoms with Gasteiger partial charge in [0.25, 0.3) is 0 Å². The predicted molar refractivity (Wildman–Crippen MR) is 105 cm³/mol. The van der Waals surface area contributed by atoms with Crippen LogP contribution in [0.4, 0.5) is 5.69 Å². The Labute approximate surface area is 155 Å². The van der Waals surface area contributed by atoms with E-state index >= 15 is 0 Å². The second-order valence-corrected chi connectivity index (χ2v) is 7.64. The maximum atomic E-state index is 11.2. The third kappa shape index (κ3) is 11.0. The molecule has 0 heterocycles. The number of nitrogens with one attached hydrogen (secondary N) is 2. The molecule has 0 aliphatic heterocycles. The van der Waals surface area contributed by atoms with Crippen molar-refractivity contribution in [2.75, 3.05) is 24.1 Å². The Kier molecular flexibility index (Phi) is 8.67. The lowest BCUT2D eigenvalue weighted by atomic mass is 10.1. The maximum absolute atomic E-state index is 11.2. The Morgan fingerprint density at radius 2 is 2.00 bits per heavy atom. The highest BCUT2D eigenvalue weighted by molar-refractivity contribution is 14.0. The van der Waals surface area contributed by atoms with Crippen molar-refractivity contribution in [2.45, 2.75) is 26.3 Å². The molecule has 0 amide bonds. The second-order valence-electron chi connectivity index (χ2n) is 5.89. The first-order valence-electron chi connectivity index (χ1n) is 6.84. The van der Waals surface area contributed by atoms with Gasteiger partial charge in [-0.25, -0.2) is 13.4 Å². The van der Waals surface area contributed by atoms with Gasteiger partial charge in [0.15, 0.2) is 5.96 Å². The lowest BCUT2D eigenvalue weighted by Crippen LogP contribution is -2.45. The third-order valence-corrected chi connectivity index (χ3v) is 2.89. The molecular formula is C14H25IN4O3S. The van der Waals surface area contributed by atoms with Crippen LogP contribution in [-0.4, -0.2) is 39.3 Å². The molecule has 0 spiro atoms. The molecule has 0 aromatic heterocycles. The zero-order valence-corrected chi connectivity index (χ0v) is 16.9. The second kappa shape index (κ2) is 9.16. The van der Waals surface area contributed by atoms with Crippen LogP contribution in [0.2, 0.25) is 0 Å². The number of benzene rings is 1. The summed E-state index contributed by atoms with van der Waals surface area (Å²) in [5.41, 5.74) is 6.06. The largest absolute Gasteiger partial charge is 0.492 e. The molecule has 7 nitrogen and oxygen atoms in total. The van der Waals surface area contributed by atoms with Gasteiger partial charge in [0, 0.05) is 11.6 Å². The minimum Gasteiger partial charge on any atom is -0.492 e. The predicted octanol–water partition coefficient (Wildman–Crippen LogP) is 1.76. The average Bonchev–Trinajstić information content (AvgIpc) is 2.31. The Balaban J connectivity index is 0.00000484. The average molecular weight is 456 g/mol. The smallest absolute Gasteiger partial charge is 0.229 e. The highest BCUT2D eigenvalue weighted by Crippen LogP contribution is 2.17. The molecule has 0 saturated carbocycles. The van der Waals surface area contributed by atoms with Crippen LogP contribution in [0.25, 0.3) is 0 Å². The summed E-state index contributed by atoms with van der Waals surface area (Å²) in [6.07, 6.45) is 1.10. The van der Waals surface area contributed by atoms with Gasteiger partial charge in [0.2, 0.25) is 10.0 Å². The van der Waals surface area contributed by atoms with Crippen LogP contribution in [0.1, 0.15) is 20.8 Å². The number of anilines is 1. The third-order valence-electron chi connectivity index (χ3n) is 2.28. The number of halogens is 1. The van der Waals surface area contributed by atoms with Crippen molar-refractivity contribution in [3.05, 3.63) is 24.3 Å². The van der Waals surface area contributed by atoms with Crippen LogP contribution < -0.4 is 20.5 Å². The fraction of sp³-hybridized carbons (Fsp3) is 0.500. The van der Waals surface area contributed by atoms with E-state index in [-0.39, 0.29) is 29.5 Å². The molecule has 0 saturated heterocycles. The van der Waals surface area contributed by atoms with Crippen molar-refractivity contribution in [2.24, 2.45) is 10.7 Å². The quantitative estimate of drug-likeness (QED) is 0.262. The molecule has 23 heavy (non-hydrogen) atoms. The van der Waals surface area contributed by atoms with E-state index in [4.69, 9.17) is 10.5 Å². The van der Waals surface area contributed by atoms with E-state index in [2.05, 4.69) is 15.0 Å². The number of nitrogens with zero attached hydrogens (tertiary/aromatic N) is 1. The van der Waals surface area contributed by atoms with Crippen LogP contribution >= 0.6 is 24.0 Å². The first kappa shape index (κ1) is 21.8. The lowest BCUT2D eigenvalue weighted by Gasteiger charge is -2.20. The SMILES string of the molecule is CC(C)(C)NC(N)=NCCOc1cccc(NS(C)(=O)=O)c1.I. The normalized spacial score (nSPS) is 12.3. The van der Waals surface area contributed by atoms with Crippen LogP contribution in [0.15, 0.2) is 29.3 Å². The zero-order valence-electron chi connectivity index (χ0n) is 13.8. The van der Waals surface area contributed by atoms with Crippen LogP contribution in [0, 0.1) is 0 Å². The summed E-state index contributed by atoms with van der Waals surface area (Å²) in [5.74, 6) is 0.926. The monoisotopic (exact) mass is 456 g/mol. The standard InChI is InChI=1S/C14H24N4O3S.HI/c1-14(2,3)17-13(15)16-8-9-21-12-7-5-6-11(10-12)18-22(4,19)20;/h5-7,10,18H,8-9H2,1-4H3,(H3,15,16,17);1H. The zero-order chi connectivity index (χ0) is 16.8. The molecule has 0 unspecified atom stereocenters. The van der Waals surface area contributed by atoms with Crippen LogP contribution in [-0.2, 0) is 10.0 Å². The number of rotatable bonds is 6. The Hall–Kier alpha value is -1.23. The van der Waals surface area contributed by atoms with Gasteiger partial charge in [-0.2, -0.15) is 0 Å². The fourth-order valence-electron chi connectivity index (χ4n) is 1.62. The van der Waals surface area contributed by atoms with Gasteiger partial charge in [0.1, 0.15) is 12.4 Å². The van der Waals surface area contributed by atoms with E-state index in [9.17, 15) is 8.42 Å². The molecule has 1 rings (SSSR count). The van der Waals surface area contributed by atoms with E-state index in [0.29, 0.717) is 30.5 Å². The number of nitrogens with two attached hydrogens (primary N) is 1. The van der Waals surface area contributed by atoms with Gasteiger partial charge in [-0.05, 0) is 32.9 Å². The van der Waals surface area contributed by atoms with E-state index in [0.717, 1.165) is 6.26 Å². The topological polar surface area (TPSA) is 106 Å². The van der Waals surface area contributed by atoms with Crippen molar-refractivity contribution < 1.29 is 13.2 Å². The molecule has 4 N–H and O–H groups in total. The number of hydrogen-bond acceptors (Lipinski definition) is 4. The number of hydrogen-bond donors (Lipinski definition) is 3. The highest BCUT2D eigenvalue weighted by atomic mass is 127. The molecule has 0 bridgehead atoms. The van der Waals surface area contributed by atoms with Crippen LogP contribution in [0.3, 0.4) is 0 Å². The van der Waals surface area contributed by atoms with Gasteiger partial charge < -0.3 is 15.8 Å². The summed E-state index contributed by atoms with van der Waals surface area (Å²) in [6.45, 7) is 6.72. The van der Waals surface area contributed by atoms with Gasteiger partial charge >= 0.3 is 0 Å². The molecular weight excluding hydrogens is 431 g/mol. The summed E-state index contributed by atoms with van der Waals surface area (Å²) >= 11 is 0. The van der Waals surface area contributed by atoms with E-state index in [1.165, 1.54) is 0 Å². The molecule has 0 atom stereocenters. The first-order chi connectivity index (χ1) is 10.1. The summed E-state index contributed by atoms with van der Waals surface area (Å²) in [4.78, 5) is 4.15. The molecule has 0 aliphatic carbocycles. The van der Waals surface area contributed by atoms with Crippen molar-refractivity contribution in [3.63, 3.8) is 0 Å².